The summed E-state index contributed by atoms with van der Waals surface area (Å²) >= 11 is 0. The van der Waals surface area contributed by atoms with E-state index in [1.807, 2.05) is 0 Å². The van der Waals surface area contributed by atoms with Gasteiger partial charge in [-0.1, -0.05) is 25.7 Å². The van der Waals surface area contributed by atoms with Gasteiger partial charge in [-0.05, 0) is 12.8 Å². The van der Waals surface area contributed by atoms with Crippen molar-refractivity contribution >= 4 is 0 Å². The number of aliphatic hydroxyl groups excluding tert-OH is 1. The fraction of sp³-hybridized carbons (Fsp3) is 1.00. The Kier molecular flexibility index (Phi) is 4.00. The van der Waals surface area contributed by atoms with Crippen LogP contribution in [-0.2, 0) is 0 Å². The molecule has 1 aliphatic carbocycles. The Balaban J connectivity index is 2.03. The van der Waals surface area contributed by atoms with Crippen LogP contribution in [0.25, 0.3) is 0 Å². The van der Waals surface area contributed by atoms with Crippen LogP contribution in [0.4, 0.5) is 0 Å². The van der Waals surface area contributed by atoms with E-state index in [0.29, 0.717) is 6.61 Å². The van der Waals surface area contributed by atoms with Crippen molar-refractivity contribution < 1.29 is 5.11 Å². The van der Waals surface area contributed by atoms with Gasteiger partial charge in [0.05, 0.1) is 6.61 Å². The van der Waals surface area contributed by atoms with E-state index < -0.39 is 0 Å². The minimum atomic E-state index is 0.124. The van der Waals surface area contributed by atoms with Gasteiger partial charge in [0.15, 0.2) is 0 Å². The van der Waals surface area contributed by atoms with E-state index in [-0.39, 0.29) is 5.54 Å². The van der Waals surface area contributed by atoms with Crippen LogP contribution in [-0.4, -0.2) is 48.3 Å². The van der Waals surface area contributed by atoms with Crippen LogP contribution in [0, 0.1) is 0 Å². The monoisotopic (exact) mass is 212 g/mol. The van der Waals surface area contributed by atoms with Crippen molar-refractivity contribution in [2.45, 2.75) is 44.1 Å². The van der Waals surface area contributed by atoms with Crippen LogP contribution in [0.3, 0.4) is 0 Å². The number of hydrogen-bond acceptors (Lipinski definition) is 3. The van der Waals surface area contributed by atoms with Gasteiger partial charge in [0, 0.05) is 31.7 Å². The Hall–Kier alpha value is -0.120. The van der Waals surface area contributed by atoms with Crippen LogP contribution < -0.4 is 5.32 Å². The number of nitrogens with zero attached hydrogens (tertiary/aromatic N) is 1. The summed E-state index contributed by atoms with van der Waals surface area (Å²) in [5, 5.41) is 13.1. The van der Waals surface area contributed by atoms with Crippen molar-refractivity contribution in [3.8, 4) is 0 Å². The highest BCUT2D eigenvalue weighted by molar-refractivity contribution is 4.93. The highest BCUT2D eigenvalue weighted by atomic mass is 16.3. The van der Waals surface area contributed by atoms with Crippen molar-refractivity contribution in [3.05, 3.63) is 0 Å². The third kappa shape index (κ3) is 2.52. The molecule has 3 heteroatoms. The van der Waals surface area contributed by atoms with Gasteiger partial charge in [0.2, 0.25) is 0 Å². The van der Waals surface area contributed by atoms with Gasteiger partial charge in [-0.2, -0.15) is 0 Å². The minimum Gasteiger partial charge on any atom is -0.394 e. The Morgan fingerprint density at radius 1 is 1.00 bits per heavy atom. The first-order chi connectivity index (χ1) is 7.37. The molecule has 2 aliphatic rings. The molecule has 1 heterocycles. The maximum atomic E-state index is 9.76. The first-order valence-electron chi connectivity index (χ1n) is 6.44. The van der Waals surface area contributed by atoms with Gasteiger partial charge in [-0.3, -0.25) is 4.90 Å². The lowest BCUT2D eigenvalue weighted by molar-refractivity contribution is 0.00892. The molecule has 0 amide bonds. The van der Waals surface area contributed by atoms with E-state index in [1.165, 1.54) is 38.5 Å². The van der Waals surface area contributed by atoms with E-state index in [1.54, 1.807) is 0 Å². The van der Waals surface area contributed by atoms with Crippen molar-refractivity contribution in [3.63, 3.8) is 0 Å². The number of rotatable bonds is 2. The average molecular weight is 212 g/mol. The molecule has 2 fully saturated rings. The number of nitrogens with one attached hydrogen (secondary N) is 1. The summed E-state index contributed by atoms with van der Waals surface area (Å²) < 4.78 is 0. The Morgan fingerprint density at radius 2 is 1.60 bits per heavy atom. The molecular formula is C12H24N2O. The molecule has 3 nitrogen and oxygen atoms in total. The van der Waals surface area contributed by atoms with Gasteiger partial charge in [-0.25, -0.2) is 0 Å². The van der Waals surface area contributed by atoms with Crippen molar-refractivity contribution in [1.29, 1.82) is 0 Å². The van der Waals surface area contributed by atoms with Crippen LogP contribution in [0.2, 0.25) is 0 Å². The van der Waals surface area contributed by atoms with Crippen molar-refractivity contribution in [2.24, 2.45) is 0 Å². The van der Waals surface area contributed by atoms with E-state index in [4.69, 9.17) is 0 Å². The topological polar surface area (TPSA) is 35.5 Å². The van der Waals surface area contributed by atoms with Crippen LogP contribution in [0.15, 0.2) is 0 Å². The van der Waals surface area contributed by atoms with Crippen LogP contribution in [0.5, 0.6) is 0 Å². The zero-order chi connectivity index (χ0) is 10.6. The fourth-order valence-electron chi connectivity index (χ4n) is 3.10. The summed E-state index contributed by atoms with van der Waals surface area (Å²) in [5.74, 6) is 0. The maximum absolute atomic E-state index is 9.76. The minimum absolute atomic E-state index is 0.124. The largest absolute Gasteiger partial charge is 0.394 e. The SMILES string of the molecule is OCC1(N2CCNCC2)CCCCCC1. The molecule has 1 saturated heterocycles. The normalized spacial score (nSPS) is 28.6. The fourth-order valence-corrected chi connectivity index (χ4v) is 3.10. The highest BCUT2D eigenvalue weighted by Crippen LogP contribution is 2.32. The van der Waals surface area contributed by atoms with Crippen molar-refractivity contribution in [1.82, 2.24) is 10.2 Å². The average Bonchev–Trinajstić information content (AvgIpc) is 2.56. The van der Waals surface area contributed by atoms with Gasteiger partial charge in [-0.15, -0.1) is 0 Å². The molecule has 0 atom stereocenters. The highest BCUT2D eigenvalue weighted by Gasteiger charge is 2.36. The molecule has 0 radical (unpaired) electrons. The molecule has 1 saturated carbocycles. The molecule has 0 aromatic heterocycles. The Morgan fingerprint density at radius 3 is 2.13 bits per heavy atom. The van der Waals surface area contributed by atoms with Crippen LogP contribution in [0.1, 0.15) is 38.5 Å². The second-order valence-corrected chi connectivity index (χ2v) is 5.03. The maximum Gasteiger partial charge on any atom is 0.0615 e. The molecule has 0 unspecified atom stereocenters. The zero-order valence-electron chi connectivity index (χ0n) is 9.67. The smallest absolute Gasteiger partial charge is 0.0615 e. The lowest BCUT2D eigenvalue weighted by Gasteiger charge is -2.44. The van der Waals surface area contributed by atoms with E-state index in [0.717, 1.165) is 26.2 Å². The Labute approximate surface area is 92.8 Å². The van der Waals surface area contributed by atoms with Gasteiger partial charge in [0.25, 0.3) is 0 Å². The summed E-state index contributed by atoms with van der Waals surface area (Å²) in [4.78, 5) is 2.54. The summed E-state index contributed by atoms with van der Waals surface area (Å²) in [6.45, 7) is 4.75. The molecule has 2 rings (SSSR count). The summed E-state index contributed by atoms with van der Waals surface area (Å²) in [6, 6.07) is 0. The van der Waals surface area contributed by atoms with Gasteiger partial charge < -0.3 is 10.4 Å². The number of aliphatic hydroxyl groups is 1. The lowest BCUT2D eigenvalue weighted by Crippen LogP contribution is -2.57. The quantitative estimate of drug-likeness (QED) is 0.670. The predicted molar refractivity (Wildman–Crippen MR) is 62.0 cm³/mol. The predicted octanol–water partition coefficient (Wildman–Crippen LogP) is 0.977. The molecule has 2 N–H and O–H groups in total. The first kappa shape index (κ1) is 11.4. The molecule has 0 spiro atoms. The molecule has 0 bridgehead atoms. The summed E-state index contributed by atoms with van der Waals surface area (Å²) in [5.41, 5.74) is 0.124. The number of hydrogen-bond donors (Lipinski definition) is 2. The second kappa shape index (κ2) is 5.28. The molecule has 0 aromatic rings. The third-order valence-electron chi connectivity index (χ3n) is 4.12. The Bertz CT molecular complexity index is 182. The number of piperazine rings is 1. The third-order valence-corrected chi connectivity index (χ3v) is 4.12. The second-order valence-electron chi connectivity index (χ2n) is 5.03. The van der Waals surface area contributed by atoms with Gasteiger partial charge in [0.1, 0.15) is 0 Å². The summed E-state index contributed by atoms with van der Waals surface area (Å²) in [7, 11) is 0. The summed E-state index contributed by atoms with van der Waals surface area (Å²) in [6.07, 6.45) is 7.70. The zero-order valence-corrected chi connectivity index (χ0v) is 9.67. The molecule has 0 aromatic carbocycles. The van der Waals surface area contributed by atoms with E-state index in [2.05, 4.69) is 10.2 Å². The van der Waals surface area contributed by atoms with E-state index in [9.17, 15) is 5.11 Å². The molecule has 15 heavy (non-hydrogen) atoms. The van der Waals surface area contributed by atoms with Gasteiger partial charge >= 0.3 is 0 Å². The molecule has 88 valence electrons. The van der Waals surface area contributed by atoms with Crippen molar-refractivity contribution in [2.75, 3.05) is 32.8 Å². The molecular weight excluding hydrogens is 188 g/mol. The lowest BCUT2D eigenvalue weighted by atomic mass is 9.88. The van der Waals surface area contributed by atoms with E-state index >= 15 is 0 Å². The van der Waals surface area contributed by atoms with Crippen LogP contribution >= 0.6 is 0 Å². The standard InChI is InChI=1S/C12H24N2O/c15-11-12(5-3-1-2-4-6-12)14-9-7-13-8-10-14/h13,15H,1-11H2. The first-order valence-corrected chi connectivity index (χ1v) is 6.44. The molecule has 1 aliphatic heterocycles.